The van der Waals surface area contributed by atoms with Gasteiger partial charge < -0.3 is 15.2 Å². The number of hydrogen-bond donors (Lipinski definition) is 2. The SMILES string of the molecule is CC(C)(C)[C@H](Cc1ccccc1)C(=O)N[C@@H](Cc1ccc(OCC2CCCCC2)cc1)C(=O)O. The van der Waals surface area contributed by atoms with Crippen LogP contribution in [0.5, 0.6) is 5.75 Å². The second kappa shape index (κ2) is 12.0. The normalized spacial score (nSPS) is 16.4. The van der Waals surface area contributed by atoms with E-state index in [2.05, 4.69) is 5.32 Å². The molecule has 2 N–H and O–H groups in total. The van der Waals surface area contributed by atoms with Crippen LogP contribution in [0.4, 0.5) is 0 Å². The lowest BCUT2D eigenvalue weighted by atomic mass is 9.76. The zero-order valence-electron chi connectivity index (χ0n) is 20.8. The number of carbonyl (C=O) groups is 2. The highest BCUT2D eigenvalue weighted by Gasteiger charge is 2.33. The van der Waals surface area contributed by atoms with Gasteiger partial charge in [0.2, 0.25) is 5.91 Å². The number of carbonyl (C=O) groups excluding carboxylic acids is 1. The Labute approximate surface area is 203 Å². The molecule has 34 heavy (non-hydrogen) atoms. The largest absolute Gasteiger partial charge is 0.493 e. The van der Waals surface area contributed by atoms with E-state index in [1.165, 1.54) is 32.1 Å². The minimum absolute atomic E-state index is 0.226. The second-order valence-corrected chi connectivity index (χ2v) is 10.7. The molecule has 1 saturated carbocycles. The van der Waals surface area contributed by atoms with Gasteiger partial charge in [-0.05, 0) is 53.9 Å². The molecule has 0 aromatic heterocycles. The van der Waals surface area contributed by atoms with Gasteiger partial charge in [-0.25, -0.2) is 4.79 Å². The second-order valence-electron chi connectivity index (χ2n) is 10.7. The number of carboxylic acid groups (broad SMARTS) is 1. The molecule has 2 atom stereocenters. The van der Waals surface area contributed by atoms with Gasteiger partial charge in [0.25, 0.3) is 0 Å². The minimum Gasteiger partial charge on any atom is -0.493 e. The van der Waals surface area contributed by atoms with Crippen LogP contribution < -0.4 is 10.1 Å². The van der Waals surface area contributed by atoms with Crippen molar-refractivity contribution >= 4 is 11.9 Å². The van der Waals surface area contributed by atoms with Crippen molar-refractivity contribution in [3.63, 3.8) is 0 Å². The first-order valence-electron chi connectivity index (χ1n) is 12.5. The Balaban J connectivity index is 1.60. The van der Waals surface area contributed by atoms with Crippen molar-refractivity contribution in [3.8, 4) is 5.75 Å². The van der Waals surface area contributed by atoms with E-state index in [1.807, 2.05) is 75.4 Å². The Morgan fingerprint density at radius 3 is 2.15 bits per heavy atom. The van der Waals surface area contributed by atoms with Crippen molar-refractivity contribution in [2.45, 2.75) is 71.8 Å². The van der Waals surface area contributed by atoms with Gasteiger partial charge in [0.15, 0.2) is 0 Å². The van der Waals surface area contributed by atoms with Crippen molar-refractivity contribution in [1.29, 1.82) is 0 Å². The van der Waals surface area contributed by atoms with Gasteiger partial charge >= 0.3 is 5.97 Å². The molecule has 2 aromatic carbocycles. The van der Waals surface area contributed by atoms with E-state index in [-0.39, 0.29) is 23.7 Å². The molecule has 0 heterocycles. The molecule has 0 spiro atoms. The number of benzene rings is 2. The van der Waals surface area contributed by atoms with Crippen molar-refractivity contribution in [3.05, 3.63) is 65.7 Å². The van der Waals surface area contributed by atoms with Crippen molar-refractivity contribution in [2.24, 2.45) is 17.3 Å². The summed E-state index contributed by atoms with van der Waals surface area (Å²) in [5.74, 6) is -0.158. The summed E-state index contributed by atoms with van der Waals surface area (Å²) in [7, 11) is 0. The summed E-state index contributed by atoms with van der Waals surface area (Å²) in [5, 5.41) is 12.6. The molecule has 1 amide bonds. The summed E-state index contributed by atoms with van der Waals surface area (Å²) >= 11 is 0. The maximum atomic E-state index is 13.2. The number of hydrogen-bond acceptors (Lipinski definition) is 3. The van der Waals surface area contributed by atoms with E-state index >= 15 is 0 Å². The van der Waals surface area contributed by atoms with Gasteiger partial charge in [-0.2, -0.15) is 0 Å². The van der Waals surface area contributed by atoms with Gasteiger partial charge in [-0.3, -0.25) is 4.79 Å². The monoisotopic (exact) mass is 465 g/mol. The first kappa shape index (κ1) is 25.8. The van der Waals surface area contributed by atoms with Gasteiger partial charge in [0.1, 0.15) is 11.8 Å². The molecule has 3 rings (SSSR count). The Hall–Kier alpha value is -2.82. The predicted octanol–water partition coefficient (Wildman–Crippen LogP) is 5.66. The van der Waals surface area contributed by atoms with E-state index in [9.17, 15) is 14.7 Å². The molecule has 184 valence electrons. The Morgan fingerprint density at radius 1 is 0.941 bits per heavy atom. The Morgan fingerprint density at radius 2 is 1.56 bits per heavy atom. The average Bonchev–Trinajstić information content (AvgIpc) is 2.82. The third-order valence-corrected chi connectivity index (χ3v) is 6.83. The molecule has 1 aliphatic carbocycles. The van der Waals surface area contributed by atoms with E-state index in [0.717, 1.165) is 23.5 Å². The standard InChI is InChI=1S/C29H39NO4/c1-29(2,3)25(18-21-10-6-4-7-11-21)27(31)30-26(28(32)33)19-22-14-16-24(17-15-22)34-20-23-12-8-5-9-13-23/h4,6-7,10-11,14-17,23,25-26H,5,8-9,12-13,18-20H2,1-3H3,(H,30,31)(H,32,33)/t25-,26+/m1/s1. The number of rotatable bonds is 10. The highest BCUT2D eigenvalue weighted by Crippen LogP contribution is 2.30. The summed E-state index contributed by atoms with van der Waals surface area (Å²) in [6, 6.07) is 16.4. The number of nitrogens with one attached hydrogen (secondary N) is 1. The predicted molar refractivity (Wildman–Crippen MR) is 135 cm³/mol. The molecule has 0 saturated heterocycles. The van der Waals surface area contributed by atoms with E-state index in [4.69, 9.17) is 4.74 Å². The van der Waals surface area contributed by atoms with Gasteiger partial charge in [0.05, 0.1) is 6.61 Å². The molecule has 2 aromatic rings. The zero-order chi connectivity index (χ0) is 24.6. The third kappa shape index (κ3) is 7.89. The van der Waals surface area contributed by atoms with E-state index in [1.54, 1.807) is 0 Å². The molecule has 0 bridgehead atoms. The smallest absolute Gasteiger partial charge is 0.326 e. The van der Waals surface area contributed by atoms with Crippen LogP contribution in [0.3, 0.4) is 0 Å². The summed E-state index contributed by atoms with van der Waals surface area (Å²) in [5.41, 5.74) is 1.61. The zero-order valence-corrected chi connectivity index (χ0v) is 20.8. The van der Waals surface area contributed by atoms with E-state index in [0.29, 0.717) is 12.3 Å². The third-order valence-electron chi connectivity index (χ3n) is 6.83. The Bertz CT molecular complexity index is 911. The summed E-state index contributed by atoms with van der Waals surface area (Å²) < 4.78 is 5.96. The van der Waals surface area contributed by atoms with Crippen molar-refractivity contribution in [1.82, 2.24) is 5.32 Å². The van der Waals surface area contributed by atoms with Crippen molar-refractivity contribution < 1.29 is 19.4 Å². The molecular weight excluding hydrogens is 426 g/mol. The molecule has 0 unspecified atom stereocenters. The van der Waals surface area contributed by atoms with Crippen LogP contribution in [0.25, 0.3) is 0 Å². The number of ether oxygens (including phenoxy) is 1. The van der Waals surface area contributed by atoms with Crippen LogP contribution in [-0.2, 0) is 22.4 Å². The maximum absolute atomic E-state index is 13.2. The van der Waals surface area contributed by atoms with Crippen LogP contribution in [0.2, 0.25) is 0 Å². The lowest BCUT2D eigenvalue weighted by Crippen LogP contribution is -2.48. The molecule has 5 heteroatoms. The molecule has 0 radical (unpaired) electrons. The molecule has 1 aliphatic rings. The van der Waals surface area contributed by atoms with Gasteiger partial charge in [-0.15, -0.1) is 0 Å². The lowest BCUT2D eigenvalue weighted by molar-refractivity contribution is -0.143. The maximum Gasteiger partial charge on any atom is 0.326 e. The summed E-state index contributed by atoms with van der Waals surface area (Å²) in [4.78, 5) is 25.2. The molecule has 5 nitrogen and oxygen atoms in total. The quantitative estimate of drug-likeness (QED) is 0.475. The molecule has 0 aliphatic heterocycles. The van der Waals surface area contributed by atoms with Gasteiger partial charge in [0, 0.05) is 12.3 Å². The average molecular weight is 466 g/mol. The van der Waals surface area contributed by atoms with Crippen LogP contribution in [0.1, 0.15) is 64.0 Å². The number of carboxylic acids is 1. The fourth-order valence-corrected chi connectivity index (χ4v) is 4.64. The summed E-state index contributed by atoms with van der Waals surface area (Å²) in [6.45, 7) is 6.79. The fourth-order valence-electron chi connectivity index (χ4n) is 4.64. The highest BCUT2D eigenvalue weighted by molar-refractivity contribution is 5.85. The molecule has 1 fully saturated rings. The first-order chi connectivity index (χ1) is 16.2. The first-order valence-corrected chi connectivity index (χ1v) is 12.5. The number of amides is 1. The van der Waals surface area contributed by atoms with Crippen molar-refractivity contribution in [2.75, 3.05) is 6.61 Å². The summed E-state index contributed by atoms with van der Waals surface area (Å²) in [6.07, 6.45) is 7.17. The number of aliphatic carboxylic acids is 1. The Kier molecular flexibility index (Phi) is 9.14. The molecular formula is C29H39NO4. The fraction of sp³-hybridized carbons (Fsp3) is 0.517. The topological polar surface area (TPSA) is 75.6 Å². The van der Waals surface area contributed by atoms with Crippen LogP contribution in [0, 0.1) is 17.3 Å². The minimum atomic E-state index is -1.03. The van der Waals surface area contributed by atoms with Crippen LogP contribution in [0.15, 0.2) is 54.6 Å². The van der Waals surface area contributed by atoms with Crippen LogP contribution in [-0.4, -0.2) is 29.6 Å². The van der Waals surface area contributed by atoms with Gasteiger partial charge in [-0.1, -0.05) is 82.5 Å². The lowest BCUT2D eigenvalue weighted by Gasteiger charge is -2.31. The van der Waals surface area contributed by atoms with Crippen LogP contribution >= 0.6 is 0 Å². The van der Waals surface area contributed by atoms with E-state index < -0.39 is 12.0 Å². The highest BCUT2D eigenvalue weighted by atomic mass is 16.5.